The van der Waals surface area contributed by atoms with E-state index in [0.717, 1.165) is 35.7 Å². The third-order valence-electron chi connectivity index (χ3n) is 8.59. The van der Waals surface area contributed by atoms with Crippen molar-refractivity contribution in [3.63, 3.8) is 0 Å². The minimum absolute atomic E-state index is 0.0318. The van der Waals surface area contributed by atoms with Crippen molar-refractivity contribution >= 4 is 40.5 Å². The topological polar surface area (TPSA) is 98.5 Å². The van der Waals surface area contributed by atoms with Crippen LogP contribution in [0.4, 0.5) is 17.3 Å². The van der Waals surface area contributed by atoms with Crippen LogP contribution in [0, 0.1) is 0 Å². The highest BCUT2D eigenvalue weighted by atomic mass is 35.5. The number of aromatic nitrogens is 3. The van der Waals surface area contributed by atoms with Crippen molar-refractivity contribution in [2.24, 2.45) is 0 Å². The number of piperidine rings is 1. The van der Waals surface area contributed by atoms with Crippen LogP contribution >= 0.6 is 11.6 Å². The van der Waals surface area contributed by atoms with Gasteiger partial charge in [-0.1, -0.05) is 23.7 Å². The average molecular weight is 588 g/mol. The number of halogens is 1. The minimum atomic E-state index is -0.877. The molecule has 0 radical (unpaired) electrons. The zero-order valence-electron chi connectivity index (χ0n) is 23.5. The Morgan fingerprint density at radius 1 is 1.00 bits per heavy atom. The van der Waals surface area contributed by atoms with E-state index in [9.17, 15) is 9.90 Å². The summed E-state index contributed by atoms with van der Waals surface area (Å²) in [4.78, 5) is 24.4. The molecule has 2 aromatic heterocycles. The highest BCUT2D eigenvalue weighted by molar-refractivity contribution is 6.30. The fourth-order valence-corrected chi connectivity index (χ4v) is 6.55. The normalized spacial score (nSPS) is 22.4. The fraction of sp³-hybridized carbons (Fsp3) is 0.387. The van der Waals surface area contributed by atoms with Crippen LogP contribution < -0.4 is 10.2 Å². The molecule has 2 N–H and O–H groups in total. The van der Waals surface area contributed by atoms with Crippen molar-refractivity contribution in [1.82, 2.24) is 24.4 Å². The van der Waals surface area contributed by atoms with Crippen molar-refractivity contribution in [3.8, 4) is 0 Å². The SMILES string of the molecule is CN1CC2CN(C(=O)c3ccc(Nc4nc5c(N6CCC(O)(c7ccc(Cl)cc7)CC6)cccn5n4)cc3)CC(C1)O2. The van der Waals surface area contributed by atoms with Crippen LogP contribution in [0.25, 0.3) is 5.65 Å². The molecule has 42 heavy (non-hydrogen) atoms. The Morgan fingerprint density at radius 3 is 2.38 bits per heavy atom. The zero-order chi connectivity index (χ0) is 28.8. The van der Waals surface area contributed by atoms with Gasteiger partial charge < -0.3 is 29.9 Å². The molecule has 3 aliphatic rings. The lowest BCUT2D eigenvalue weighted by molar-refractivity contribution is -0.124. The van der Waals surface area contributed by atoms with Crippen LogP contribution in [-0.2, 0) is 10.3 Å². The number of benzene rings is 2. The zero-order valence-corrected chi connectivity index (χ0v) is 24.2. The van der Waals surface area contributed by atoms with Crippen molar-refractivity contribution in [2.75, 3.05) is 56.5 Å². The molecule has 1 amide bonds. The highest BCUT2D eigenvalue weighted by Gasteiger charge is 2.36. The second-order valence-electron chi connectivity index (χ2n) is 11.6. The molecule has 0 spiro atoms. The van der Waals surface area contributed by atoms with E-state index in [1.807, 2.05) is 71.8 Å². The van der Waals surface area contributed by atoms with Crippen LogP contribution in [0.15, 0.2) is 66.9 Å². The summed E-state index contributed by atoms with van der Waals surface area (Å²) in [7, 11) is 2.10. The van der Waals surface area contributed by atoms with Crippen LogP contribution in [-0.4, -0.2) is 93.9 Å². The molecule has 5 heterocycles. The standard InChI is InChI=1S/C31H34ClN7O3/c1-36-17-25-19-38(20-26(18-36)42-25)29(40)21-4-10-24(11-5-21)33-30-34-28-27(3-2-14-39(28)35-30)37-15-12-31(41,13-16-37)22-6-8-23(32)9-7-22/h2-11,14,25-26,41H,12-13,15-20H2,1H3,(H,33,35). The summed E-state index contributed by atoms with van der Waals surface area (Å²) in [5.74, 6) is 0.505. The van der Waals surface area contributed by atoms with Gasteiger partial charge >= 0.3 is 0 Å². The lowest BCUT2D eigenvalue weighted by Crippen LogP contribution is -2.59. The fourth-order valence-electron chi connectivity index (χ4n) is 6.43. The Hall–Kier alpha value is -3.70. The van der Waals surface area contributed by atoms with E-state index in [1.165, 1.54) is 0 Å². The van der Waals surface area contributed by atoms with Crippen LogP contribution in [0.5, 0.6) is 0 Å². The largest absolute Gasteiger partial charge is 0.385 e. The molecular weight excluding hydrogens is 554 g/mol. The Morgan fingerprint density at radius 2 is 1.69 bits per heavy atom. The molecule has 7 rings (SSSR count). The Balaban J connectivity index is 1.02. The van der Waals surface area contributed by atoms with E-state index < -0.39 is 5.60 Å². The summed E-state index contributed by atoms with van der Waals surface area (Å²) < 4.78 is 7.78. The maximum absolute atomic E-state index is 13.2. The van der Waals surface area contributed by atoms with Gasteiger partial charge in [0.05, 0.1) is 23.5 Å². The number of nitrogens with zero attached hydrogens (tertiary/aromatic N) is 6. The minimum Gasteiger partial charge on any atom is -0.385 e. The van der Waals surface area contributed by atoms with Crippen molar-refractivity contribution in [1.29, 1.82) is 0 Å². The van der Waals surface area contributed by atoms with Crippen LogP contribution in [0.1, 0.15) is 28.8 Å². The maximum Gasteiger partial charge on any atom is 0.254 e. The van der Waals surface area contributed by atoms with E-state index in [-0.39, 0.29) is 18.1 Å². The second kappa shape index (κ2) is 10.9. The number of aliphatic hydroxyl groups is 1. The van der Waals surface area contributed by atoms with Gasteiger partial charge in [0, 0.05) is 61.7 Å². The number of likely N-dealkylation sites (N-methyl/N-ethyl adjacent to an activating group) is 1. The number of fused-ring (bicyclic) bond motifs is 3. The smallest absolute Gasteiger partial charge is 0.254 e. The van der Waals surface area contributed by atoms with E-state index in [1.54, 1.807) is 4.52 Å². The molecule has 2 aromatic carbocycles. The number of rotatable bonds is 5. The molecule has 0 saturated carbocycles. The Labute approximate surface area is 249 Å². The lowest BCUT2D eigenvalue weighted by atomic mass is 9.84. The van der Waals surface area contributed by atoms with Crippen molar-refractivity contribution < 1.29 is 14.6 Å². The summed E-state index contributed by atoms with van der Waals surface area (Å²) in [5.41, 5.74) is 3.19. The van der Waals surface area contributed by atoms with Crippen LogP contribution in [0.2, 0.25) is 5.02 Å². The number of pyridine rings is 1. The van der Waals surface area contributed by atoms with E-state index in [0.29, 0.717) is 55.6 Å². The Bertz CT molecular complexity index is 1570. The van der Waals surface area contributed by atoms with Gasteiger partial charge in [-0.05, 0) is 74.0 Å². The molecule has 3 aliphatic heterocycles. The first-order chi connectivity index (χ1) is 20.3. The first-order valence-corrected chi connectivity index (χ1v) is 14.8. The highest BCUT2D eigenvalue weighted by Crippen LogP contribution is 2.36. The monoisotopic (exact) mass is 587 g/mol. The molecule has 0 aliphatic carbocycles. The van der Waals surface area contributed by atoms with Gasteiger partial charge in [0.2, 0.25) is 5.95 Å². The van der Waals surface area contributed by atoms with E-state index >= 15 is 0 Å². The average Bonchev–Trinajstić information content (AvgIpc) is 3.40. The quantitative estimate of drug-likeness (QED) is 0.364. The third-order valence-corrected chi connectivity index (χ3v) is 8.85. The number of hydrogen-bond acceptors (Lipinski definition) is 8. The number of carbonyl (C=O) groups excluding carboxylic acids is 1. The van der Waals surface area contributed by atoms with Crippen molar-refractivity contribution in [2.45, 2.75) is 30.7 Å². The number of morpholine rings is 2. The summed E-state index contributed by atoms with van der Waals surface area (Å²) in [5, 5.41) is 19.9. The Kier molecular flexibility index (Phi) is 7.02. The van der Waals surface area contributed by atoms with Gasteiger partial charge in [0.25, 0.3) is 5.91 Å². The number of hydrogen-bond donors (Lipinski definition) is 2. The summed E-state index contributed by atoms with van der Waals surface area (Å²) >= 11 is 6.04. The molecule has 11 heteroatoms. The van der Waals surface area contributed by atoms with E-state index in [4.69, 9.17) is 21.3 Å². The molecule has 2 bridgehead atoms. The molecule has 2 unspecified atom stereocenters. The predicted octanol–water partition coefficient (Wildman–Crippen LogP) is 3.77. The number of carbonyl (C=O) groups is 1. The number of amides is 1. The molecule has 2 atom stereocenters. The summed E-state index contributed by atoms with van der Waals surface area (Å²) in [6.45, 7) is 4.30. The molecular formula is C31H34ClN7O3. The van der Waals surface area contributed by atoms with Crippen LogP contribution in [0.3, 0.4) is 0 Å². The molecule has 10 nitrogen and oxygen atoms in total. The number of nitrogens with one attached hydrogen (secondary N) is 1. The van der Waals surface area contributed by atoms with Gasteiger partial charge in [-0.25, -0.2) is 4.52 Å². The molecule has 4 aromatic rings. The summed E-state index contributed by atoms with van der Waals surface area (Å²) in [6.07, 6.45) is 3.21. The molecule has 3 fully saturated rings. The van der Waals surface area contributed by atoms with Gasteiger partial charge in [-0.3, -0.25) is 4.79 Å². The first-order valence-electron chi connectivity index (χ1n) is 14.4. The summed E-state index contributed by atoms with van der Waals surface area (Å²) in [6, 6.07) is 18.9. The number of ether oxygens (including phenoxy) is 1. The third kappa shape index (κ3) is 5.31. The predicted molar refractivity (Wildman–Crippen MR) is 162 cm³/mol. The van der Waals surface area contributed by atoms with E-state index in [2.05, 4.69) is 27.3 Å². The first kappa shape index (κ1) is 27.2. The van der Waals surface area contributed by atoms with Gasteiger partial charge in [-0.15, -0.1) is 5.10 Å². The van der Waals surface area contributed by atoms with Gasteiger partial charge in [0.1, 0.15) is 0 Å². The maximum atomic E-state index is 13.2. The number of anilines is 3. The van der Waals surface area contributed by atoms with Gasteiger partial charge in [0.15, 0.2) is 5.65 Å². The second-order valence-corrected chi connectivity index (χ2v) is 12.1. The lowest BCUT2D eigenvalue weighted by Gasteiger charge is -2.44. The van der Waals surface area contributed by atoms with Gasteiger partial charge in [-0.2, -0.15) is 4.98 Å². The molecule has 218 valence electrons. The molecule has 3 saturated heterocycles. The van der Waals surface area contributed by atoms with Crippen molar-refractivity contribution in [3.05, 3.63) is 83.0 Å².